The Labute approximate surface area is 171 Å². The monoisotopic (exact) mass is 428 g/mol. The first-order chi connectivity index (χ1) is 14.3. The highest BCUT2D eigenvalue weighted by Gasteiger charge is 2.33. The third-order valence-corrected chi connectivity index (χ3v) is 5.15. The number of nitrogens with zero attached hydrogens (tertiary/aromatic N) is 2. The van der Waals surface area contributed by atoms with Crippen LogP contribution in [0.3, 0.4) is 0 Å². The van der Waals surface area contributed by atoms with Gasteiger partial charge in [-0.1, -0.05) is 41.9 Å². The number of fused-ring (bicyclic) bond motifs is 2. The third kappa shape index (κ3) is 2.88. The van der Waals surface area contributed by atoms with Gasteiger partial charge in [0.1, 0.15) is 17.0 Å². The summed E-state index contributed by atoms with van der Waals surface area (Å²) in [5.74, 6) is 0. The Balaban J connectivity index is 1.92. The van der Waals surface area contributed by atoms with Crippen molar-refractivity contribution in [1.29, 1.82) is 0 Å². The zero-order chi connectivity index (χ0) is 21.0. The van der Waals surface area contributed by atoms with Crippen molar-refractivity contribution in [2.24, 2.45) is 0 Å². The molecule has 2 aromatic carbocycles. The highest BCUT2D eigenvalue weighted by atomic mass is 35.5. The van der Waals surface area contributed by atoms with E-state index in [1.165, 1.54) is 0 Å². The summed E-state index contributed by atoms with van der Waals surface area (Å²) in [6, 6.07) is 14.6. The lowest BCUT2D eigenvalue weighted by atomic mass is 10.0. The molecule has 3 aromatic heterocycles. The largest absolute Gasteiger partial charge is 0.431 e. The number of aromatic nitrogens is 4. The lowest BCUT2D eigenvalue weighted by Crippen LogP contribution is -2.20. The zero-order valence-corrected chi connectivity index (χ0v) is 15.8. The molecule has 0 amide bonds. The van der Waals surface area contributed by atoms with Crippen LogP contribution in [0.5, 0.6) is 0 Å². The van der Waals surface area contributed by atoms with E-state index in [4.69, 9.17) is 11.6 Å². The van der Waals surface area contributed by atoms with Crippen LogP contribution < -0.4 is 5.56 Å². The number of para-hydroxylation sites is 1. The van der Waals surface area contributed by atoms with Crippen molar-refractivity contribution in [3.63, 3.8) is 0 Å². The fourth-order valence-electron chi connectivity index (χ4n) is 3.54. The van der Waals surface area contributed by atoms with Gasteiger partial charge in [0.25, 0.3) is 5.56 Å². The number of aromatic amines is 2. The highest BCUT2D eigenvalue weighted by molar-refractivity contribution is 6.30. The number of hydrogen-bond donors (Lipinski definition) is 2. The van der Waals surface area contributed by atoms with Crippen LogP contribution in [0.1, 0.15) is 5.69 Å². The lowest BCUT2D eigenvalue weighted by Gasteiger charge is -2.07. The summed E-state index contributed by atoms with van der Waals surface area (Å²) in [5, 5.41) is 5.65. The molecular weight excluding hydrogens is 417 g/mol. The highest BCUT2D eigenvalue weighted by Crippen LogP contribution is 2.39. The predicted molar refractivity (Wildman–Crippen MR) is 109 cm³/mol. The Kier molecular flexibility index (Phi) is 4.01. The Morgan fingerprint density at radius 2 is 1.77 bits per heavy atom. The smallest absolute Gasteiger partial charge is 0.361 e. The fourth-order valence-corrected chi connectivity index (χ4v) is 3.66. The number of rotatable bonds is 2. The van der Waals surface area contributed by atoms with Gasteiger partial charge < -0.3 is 9.97 Å². The van der Waals surface area contributed by atoms with E-state index < -0.39 is 17.4 Å². The minimum absolute atomic E-state index is 0.0375. The molecule has 0 spiro atoms. The SMILES string of the molecule is O=c1cc(C(F)(F)F)[nH]c2c(-c3c[nH]c4ccccc34)c(-c3ccc(Cl)cc3)nn12. The summed E-state index contributed by atoms with van der Waals surface area (Å²) in [5.41, 5.74) is 0.751. The first-order valence-corrected chi connectivity index (χ1v) is 9.26. The van der Waals surface area contributed by atoms with Gasteiger partial charge in [-0.2, -0.15) is 22.8 Å². The molecule has 3 heterocycles. The normalized spacial score (nSPS) is 12.1. The molecule has 5 nitrogen and oxygen atoms in total. The van der Waals surface area contributed by atoms with Gasteiger partial charge in [0, 0.05) is 39.3 Å². The van der Waals surface area contributed by atoms with Crippen LogP contribution in [-0.4, -0.2) is 19.6 Å². The minimum Gasteiger partial charge on any atom is -0.361 e. The molecule has 0 radical (unpaired) electrons. The Morgan fingerprint density at radius 3 is 2.50 bits per heavy atom. The van der Waals surface area contributed by atoms with Crippen LogP contribution in [-0.2, 0) is 6.18 Å². The fraction of sp³-hybridized carbons (Fsp3) is 0.0476. The van der Waals surface area contributed by atoms with Crippen LogP contribution in [0.4, 0.5) is 13.2 Å². The van der Waals surface area contributed by atoms with Crippen molar-refractivity contribution in [3.05, 3.63) is 81.9 Å². The van der Waals surface area contributed by atoms with E-state index in [0.717, 1.165) is 15.4 Å². The standard InChI is InChI=1S/C21H12ClF3N4O/c22-12-7-5-11(6-8-12)19-18(14-10-26-15-4-2-1-3-13(14)15)20-27-16(21(23,24)25)9-17(30)29(20)28-19/h1-10,26-27H. The van der Waals surface area contributed by atoms with Crippen LogP contribution in [0.2, 0.25) is 5.02 Å². The van der Waals surface area contributed by atoms with E-state index in [-0.39, 0.29) is 5.65 Å². The molecule has 5 aromatic rings. The number of hydrogen-bond acceptors (Lipinski definition) is 2. The molecule has 30 heavy (non-hydrogen) atoms. The van der Waals surface area contributed by atoms with Gasteiger partial charge in [0.2, 0.25) is 0 Å². The van der Waals surface area contributed by atoms with Gasteiger partial charge in [-0.25, -0.2) is 0 Å². The van der Waals surface area contributed by atoms with Crippen molar-refractivity contribution in [1.82, 2.24) is 19.6 Å². The maximum atomic E-state index is 13.4. The maximum absolute atomic E-state index is 13.4. The molecule has 150 valence electrons. The molecular formula is C21H12ClF3N4O. The second-order valence-corrected chi connectivity index (χ2v) is 7.19. The van der Waals surface area contributed by atoms with E-state index in [9.17, 15) is 18.0 Å². The quantitative estimate of drug-likeness (QED) is 0.389. The van der Waals surface area contributed by atoms with Crippen LogP contribution in [0, 0.1) is 0 Å². The number of nitrogens with one attached hydrogen (secondary N) is 2. The Hall–Kier alpha value is -3.52. The van der Waals surface area contributed by atoms with E-state index in [1.54, 1.807) is 30.5 Å². The molecule has 0 aliphatic carbocycles. The van der Waals surface area contributed by atoms with Crippen molar-refractivity contribution in [2.75, 3.05) is 0 Å². The van der Waals surface area contributed by atoms with E-state index in [0.29, 0.717) is 33.5 Å². The summed E-state index contributed by atoms with van der Waals surface area (Å²) in [6.45, 7) is 0. The molecule has 0 saturated carbocycles. The number of benzene rings is 2. The minimum atomic E-state index is -4.71. The van der Waals surface area contributed by atoms with Gasteiger partial charge in [-0.15, -0.1) is 0 Å². The average Bonchev–Trinajstić information content (AvgIpc) is 3.29. The summed E-state index contributed by atoms with van der Waals surface area (Å²) < 4.78 is 41.1. The Bertz CT molecular complexity index is 1460. The molecule has 0 aliphatic heterocycles. The summed E-state index contributed by atoms with van der Waals surface area (Å²) in [4.78, 5) is 18.0. The molecule has 0 atom stereocenters. The summed E-state index contributed by atoms with van der Waals surface area (Å²) in [7, 11) is 0. The van der Waals surface area contributed by atoms with Gasteiger partial charge in [-0.3, -0.25) is 4.79 Å². The molecule has 0 unspecified atom stereocenters. The number of alkyl halides is 3. The molecule has 5 rings (SSSR count). The first-order valence-electron chi connectivity index (χ1n) is 8.88. The molecule has 0 bridgehead atoms. The number of halogens is 4. The molecule has 0 saturated heterocycles. The molecule has 9 heteroatoms. The van der Waals surface area contributed by atoms with Gasteiger partial charge in [0.05, 0.1) is 5.56 Å². The second-order valence-electron chi connectivity index (χ2n) is 6.76. The van der Waals surface area contributed by atoms with Gasteiger partial charge in [-0.05, 0) is 18.2 Å². The predicted octanol–water partition coefficient (Wildman–Crippen LogP) is 5.51. The Morgan fingerprint density at radius 1 is 1.03 bits per heavy atom. The van der Waals surface area contributed by atoms with Crippen molar-refractivity contribution < 1.29 is 13.2 Å². The number of H-pyrrole nitrogens is 2. The zero-order valence-electron chi connectivity index (χ0n) is 15.1. The van der Waals surface area contributed by atoms with E-state index in [1.807, 2.05) is 24.3 Å². The van der Waals surface area contributed by atoms with Gasteiger partial charge in [0.15, 0.2) is 0 Å². The first kappa shape index (κ1) is 18.5. The van der Waals surface area contributed by atoms with Crippen molar-refractivity contribution in [2.45, 2.75) is 6.18 Å². The van der Waals surface area contributed by atoms with Crippen LogP contribution >= 0.6 is 11.6 Å². The molecule has 2 N–H and O–H groups in total. The van der Waals surface area contributed by atoms with Gasteiger partial charge >= 0.3 is 6.18 Å². The van der Waals surface area contributed by atoms with Crippen molar-refractivity contribution in [3.8, 4) is 22.4 Å². The van der Waals surface area contributed by atoms with Crippen LogP contribution in [0.15, 0.2) is 65.6 Å². The average molecular weight is 429 g/mol. The lowest BCUT2D eigenvalue weighted by molar-refractivity contribution is -0.141. The summed E-state index contributed by atoms with van der Waals surface area (Å²) >= 11 is 5.98. The molecule has 0 aliphatic rings. The third-order valence-electron chi connectivity index (χ3n) is 4.90. The van der Waals surface area contributed by atoms with E-state index in [2.05, 4.69) is 15.1 Å². The summed E-state index contributed by atoms with van der Waals surface area (Å²) in [6.07, 6.45) is -3.01. The van der Waals surface area contributed by atoms with E-state index >= 15 is 0 Å². The second kappa shape index (κ2) is 6.50. The van der Waals surface area contributed by atoms with Crippen molar-refractivity contribution >= 4 is 28.2 Å². The maximum Gasteiger partial charge on any atom is 0.431 e. The van der Waals surface area contributed by atoms with Crippen LogP contribution in [0.25, 0.3) is 38.9 Å². The molecule has 0 fully saturated rings. The topological polar surface area (TPSA) is 66.0 Å².